The summed E-state index contributed by atoms with van der Waals surface area (Å²) in [4.78, 5) is 19.6. The topological polar surface area (TPSA) is 92.9 Å². The number of amides is 1. The van der Waals surface area contributed by atoms with E-state index in [1.165, 1.54) is 6.33 Å². The molecular formula is C11H19N5O. The van der Waals surface area contributed by atoms with Gasteiger partial charge < -0.3 is 16.4 Å². The van der Waals surface area contributed by atoms with E-state index in [0.29, 0.717) is 18.2 Å². The molecule has 1 rings (SSSR count). The van der Waals surface area contributed by atoms with Crippen molar-refractivity contribution >= 4 is 17.5 Å². The van der Waals surface area contributed by atoms with Crippen molar-refractivity contribution in [3.05, 3.63) is 11.9 Å². The number of nitrogen functional groups attached to an aromatic ring is 1. The molecule has 94 valence electrons. The Bertz CT molecular complexity index is 393. The van der Waals surface area contributed by atoms with Crippen molar-refractivity contribution in [3.8, 4) is 0 Å². The highest BCUT2D eigenvalue weighted by atomic mass is 16.2. The van der Waals surface area contributed by atoms with Crippen molar-refractivity contribution in [2.75, 3.05) is 17.6 Å². The first-order chi connectivity index (χ1) is 8.06. The van der Waals surface area contributed by atoms with E-state index in [2.05, 4.69) is 20.6 Å². The van der Waals surface area contributed by atoms with Gasteiger partial charge in [0.2, 0.25) is 5.91 Å². The van der Waals surface area contributed by atoms with E-state index in [-0.39, 0.29) is 11.9 Å². The fourth-order valence-electron chi connectivity index (χ4n) is 1.28. The molecule has 0 fully saturated rings. The molecule has 0 bridgehead atoms. The van der Waals surface area contributed by atoms with Crippen LogP contribution in [0.4, 0.5) is 11.6 Å². The first kappa shape index (κ1) is 13.2. The Morgan fingerprint density at radius 3 is 2.88 bits per heavy atom. The molecule has 1 amide bonds. The van der Waals surface area contributed by atoms with E-state index in [9.17, 15) is 4.79 Å². The summed E-state index contributed by atoms with van der Waals surface area (Å²) in [5.74, 6) is 0.962. The second-order valence-electron chi connectivity index (χ2n) is 3.89. The smallest absolute Gasteiger partial charge is 0.242 e. The van der Waals surface area contributed by atoms with Crippen LogP contribution in [0.25, 0.3) is 0 Å². The number of anilines is 2. The number of carbonyl (C=O) groups excluding carboxylic acids is 1. The zero-order valence-corrected chi connectivity index (χ0v) is 10.4. The summed E-state index contributed by atoms with van der Waals surface area (Å²) in [7, 11) is 0. The van der Waals surface area contributed by atoms with E-state index in [1.54, 1.807) is 6.92 Å². The Kier molecular flexibility index (Phi) is 4.68. The van der Waals surface area contributed by atoms with Crippen LogP contribution in [-0.4, -0.2) is 28.5 Å². The molecule has 1 unspecified atom stereocenters. The number of rotatable bonds is 5. The maximum atomic E-state index is 11.7. The Labute approximate surface area is 101 Å². The third-order valence-corrected chi connectivity index (χ3v) is 2.42. The molecule has 0 aliphatic carbocycles. The minimum Gasteiger partial charge on any atom is -0.383 e. The van der Waals surface area contributed by atoms with Gasteiger partial charge in [-0.3, -0.25) is 4.79 Å². The van der Waals surface area contributed by atoms with Crippen LogP contribution in [0.5, 0.6) is 0 Å². The molecule has 0 saturated carbocycles. The van der Waals surface area contributed by atoms with Crippen LogP contribution in [0, 0.1) is 6.92 Å². The highest BCUT2D eigenvalue weighted by Crippen LogP contribution is 2.15. The molecule has 0 aromatic carbocycles. The number of aromatic nitrogens is 2. The average Bonchev–Trinajstić information content (AvgIpc) is 2.31. The average molecular weight is 237 g/mol. The molecule has 1 aromatic rings. The van der Waals surface area contributed by atoms with Gasteiger partial charge in [-0.25, -0.2) is 9.97 Å². The van der Waals surface area contributed by atoms with Gasteiger partial charge in [0.05, 0.1) is 0 Å². The Morgan fingerprint density at radius 1 is 1.53 bits per heavy atom. The highest BCUT2D eigenvalue weighted by molar-refractivity contribution is 5.84. The lowest BCUT2D eigenvalue weighted by Gasteiger charge is -2.15. The van der Waals surface area contributed by atoms with Gasteiger partial charge in [-0.15, -0.1) is 0 Å². The second-order valence-corrected chi connectivity index (χ2v) is 3.89. The first-order valence-electron chi connectivity index (χ1n) is 5.67. The van der Waals surface area contributed by atoms with Crippen LogP contribution in [0.3, 0.4) is 0 Å². The maximum Gasteiger partial charge on any atom is 0.242 e. The van der Waals surface area contributed by atoms with Crippen molar-refractivity contribution in [1.82, 2.24) is 15.3 Å². The maximum absolute atomic E-state index is 11.7. The summed E-state index contributed by atoms with van der Waals surface area (Å²) < 4.78 is 0. The van der Waals surface area contributed by atoms with E-state index < -0.39 is 0 Å². The summed E-state index contributed by atoms with van der Waals surface area (Å²) in [6.07, 6.45) is 2.29. The van der Waals surface area contributed by atoms with Crippen molar-refractivity contribution in [1.29, 1.82) is 0 Å². The van der Waals surface area contributed by atoms with Gasteiger partial charge in [0, 0.05) is 12.1 Å². The third-order valence-electron chi connectivity index (χ3n) is 2.42. The minimum atomic E-state index is -0.352. The fourth-order valence-corrected chi connectivity index (χ4v) is 1.28. The second kappa shape index (κ2) is 6.03. The predicted molar refractivity (Wildman–Crippen MR) is 67.6 cm³/mol. The molecule has 0 saturated heterocycles. The number of nitrogens with zero attached hydrogens (tertiary/aromatic N) is 2. The lowest BCUT2D eigenvalue weighted by molar-refractivity contribution is -0.121. The van der Waals surface area contributed by atoms with Crippen molar-refractivity contribution in [2.24, 2.45) is 0 Å². The number of nitrogens with two attached hydrogens (primary N) is 1. The van der Waals surface area contributed by atoms with Gasteiger partial charge in [-0.2, -0.15) is 0 Å². The standard InChI is InChI=1S/C11H19N5O/c1-4-5-13-11(17)8(3)16-10-7(2)9(12)14-6-15-10/h6,8H,4-5H2,1-3H3,(H,13,17)(H3,12,14,15,16). The number of carbonyl (C=O) groups is 1. The quantitative estimate of drug-likeness (QED) is 0.700. The van der Waals surface area contributed by atoms with Crippen molar-refractivity contribution < 1.29 is 4.79 Å². The van der Waals surface area contributed by atoms with Crippen LogP contribution < -0.4 is 16.4 Å². The SMILES string of the molecule is CCCNC(=O)C(C)Nc1ncnc(N)c1C. The summed E-state index contributed by atoms with van der Waals surface area (Å²) in [5, 5.41) is 5.83. The van der Waals surface area contributed by atoms with Crippen molar-refractivity contribution in [2.45, 2.75) is 33.2 Å². The number of hydrogen-bond acceptors (Lipinski definition) is 5. The van der Waals surface area contributed by atoms with Gasteiger partial charge in [0.25, 0.3) is 0 Å². The molecular weight excluding hydrogens is 218 g/mol. The first-order valence-corrected chi connectivity index (χ1v) is 5.67. The monoisotopic (exact) mass is 237 g/mol. The largest absolute Gasteiger partial charge is 0.383 e. The van der Waals surface area contributed by atoms with E-state index >= 15 is 0 Å². The van der Waals surface area contributed by atoms with Crippen LogP contribution in [0.15, 0.2) is 6.33 Å². The van der Waals surface area contributed by atoms with Crippen LogP contribution in [-0.2, 0) is 4.79 Å². The van der Waals surface area contributed by atoms with Crippen LogP contribution in [0.1, 0.15) is 25.8 Å². The molecule has 17 heavy (non-hydrogen) atoms. The van der Waals surface area contributed by atoms with E-state index in [1.807, 2.05) is 13.8 Å². The molecule has 0 spiro atoms. The van der Waals surface area contributed by atoms with E-state index in [0.717, 1.165) is 12.0 Å². The summed E-state index contributed by atoms with van der Waals surface area (Å²) in [6, 6.07) is -0.352. The van der Waals surface area contributed by atoms with Gasteiger partial charge in [-0.1, -0.05) is 6.92 Å². The molecule has 1 aromatic heterocycles. The molecule has 0 aliphatic rings. The minimum absolute atomic E-state index is 0.0524. The molecule has 4 N–H and O–H groups in total. The summed E-state index contributed by atoms with van der Waals surface area (Å²) >= 11 is 0. The lowest BCUT2D eigenvalue weighted by Crippen LogP contribution is -2.38. The van der Waals surface area contributed by atoms with Gasteiger partial charge in [0.15, 0.2) is 0 Å². The van der Waals surface area contributed by atoms with Gasteiger partial charge in [0.1, 0.15) is 24.0 Å². The van der Waals surface area contributed by atoms with Crippen LogP contribution in [0.2, 0.25) is 0 Å². The van der Waals surface area contributed by atoms with Crippen molar-refractivity contribution in [3.63, 3.8) is 0 Å². The predicted octanol–water partition coefficient (Wildman–Crippen LogP) is 0.694. The third kappa shape index (κ3) is 3.58. The molecule has 6 nitrogen and oxygen atoms in total. The Morgan fingerprint density at radius 2 is 2.24 bits per heavy atom. The van der Waals surface area contributed by atoms with Gasteiger partial charge >= 0.3 is 0 Å². The molecule has 0 aliphatic heterocycles. The van der Waals surface area contributed by atoms with E-state index in [4.69, 9.17) is 5.73 Å². The summed E-state index contributed by atoms with van der Waals surface area (Å²) in [5.41, 5.74) is 6.41. The molecule has 0 radical (unpaired) electrons. The zero-order valence-electron chi connectivity index (χ0n) is 10.4. The fraction of sp³-hybridized carbons (Fsp3) is 0.545. The van der Waals surface area contributed by atoms with Crippen LogP contribution >= 0.6 is 0 Å². The molecule has 6 heteroatoms. The van der Waals surface area contributed by atoms with Gasteiger partial charge in [-0.05, 0) is 20.3 Å². The normalized spacial score (nSPS) is 11.9. The zero-order chi connectivity index (χ0) is 12.8. The molecule has 1 heterocycles. The summed E-state index contributed by atoms with van der Waals surface area (Å²) in [6.45, 7) is 6.28. The lowest BCUT2D eigenvalue weighted by atomic mass is 10.2. The Balaban J connectivity index is 2.64. The Hall–Kier alpha value is -1.85. The number of nitrogens with one attached hydrogen (secondary N) is 2. The molecule has 1 atom stereocenters. The number of hydrogen-bond donors (Lipinski definition) is 3. The highest BCUT2D eigenvalue weighted by Gasteiger charge is 2.14.